The number of methoxy groups -OCH3 is 1. The number of aryl methyl sites for hydroxylation is 1. The zero-order valence-corrected chi connectivity index (χ0v) is 15.3. The Balaban J connectivity index is 2.07. The molecule has 7 nitrogen and oxygen atoms in total. The third kappa shape index (κ3) is 5.47. The van der Waals surface area contributed by atoms with Crippen molar-refractivity contribution in [3.8, 4) is 5.75 Å². The molecule has 26 heavy (non-hydrogen) atoms. The highest BCUT2D eigenvalue weighted by Gasteiger charge is 2.07. The number of aliphatic imine (C=N–C) groups is 1. The van der Waals surface area contributed by atoms with Crippen molar-refractivity contribution in [2.75, 3.05) is 13.7 Å². The lowest BCUT2D eigenvalue weighted by Crippen LogP contribution is -2.36. The Morgan fingerprint density at radius 1 is 1.23 bits per heavy atom. The van der Waals surface area contributed by atoms with Crippen LogP contribution in [0.1, 0.15) is 23.6 Å². The second kappa shape index (κ2) is 9.41. The molecule has 0 bridgehead atoms. The summed E-state index contributed by atoms with van der Waals surface area (Å²) in [4.78, 5) is 15.0. The fourth-order valence-electron chi connectivity index (χ4n) is 2.46. The summed E-state index contributed by atoms with van der Waals surface area (Å²) in [6.45, 7) is 5.62. The number of ether oxygens (including phenoxy) is 1. The Morgan fingerprint density at radius 3 is 2.73 bits per heavy atom. The molecule has 2 aromatic rings. The van der Waals surface area contributed by atoms with E-state index in [9.17, 15) is 10.1 Å². The topological polar surface area (TPSA) is 88.8 Å². The maximum atomic E-state index is 10.9. The van der Waals surface area contributed by atoms with Crippen molar-refractivity contribution in [1.82, 2.24) is 10.6 Å². The predicted molar refractivity (Wildman–Crippen MR) is 102 cm³/mol. The molecule has 0 fully saturated rings. The van der Waals surface area contributed by atoms with E-state index < -0.39 is 4.92 Å². The number of nitro benzene ring substituents is 1. The fourth-order valence-corrected chi connectivity index (χ4v) is 2.46. The largest absolute Gasteiger partial charge is 0.496 e. The second-order valence-electron chi connectivity index (χ2n) is 5.79. The van der Waals surface area contributed by atoms with Gasteiger partial charge in [-0.3, -0.25) is 10.1 Å². The lowest BCUT2D eigenvalue weighted by Gasteiger charge is -2.14. The van der Waals surface area contributed by atoms with Gasteiger partial charge in [0.25, 0.3) is 5.69 Å². The van der Waals surface area contributed by atoms with E-state index >= 15 is 0 Å². The zero-order chi connectivity index (χ0) is 18.9. The molecule has 2 rings (SSSR count). The molecule has 0 amide bonds. The van der Waals surface area contributed by atoms with Crippen LogP contribution in [0.3, 0.4) is 0 Å². The smallest absolute Gasteiger partial charge is 0.269 e. The Hall–Kier alpha value is -3.09. The maximum Gasteiger partial charge on any atom is 0.269 e. The van der Waals surface area contributed by atoms with E-state index in [1.807, 2.05) is 38.1 Å². The number of rotatable bonds is 7. The predicted octanol–water partition coefficient (Wildman–Crippen LogP) is 3.17. The van der Waals surface area contributed by atoms with E-state index in [-0.39, 0.29) is 5.69 Å². The summed E-state index contributed by atoms with van der Waals surface area (Å²) in [5.41, 5.74) is 3.01. The van der Waals surface area contributed by atoms with Crippen LogP contribution in [-0.2, 0) is 13.1 Å². The summed E-state index contributed by atoms with van der Waals surface area (Å²) in [5.74, 6) is 1.47. The van der Waals surface area contributed by atoms with E-state index in [4.69, 9.17) is 4.74 Å². The summed E-state index contributed by atoms with van der Waals surface area (Å²) >= 11 is 0. The monoisotopic (exact) mass is 356 g/mol. The molecule has 7 heteroatoms. The quantitative estimate of drug-likeness (QED) is 0.344. The van der Waals surface area contributed by atoms with Crippen molar-refractivity contribution in [2.24, 2.45) is 4.99 Å². The molecule has 0 saturated carbocycles. The molecule has 0 heterocycles. The lowest BCUT2D eigenvalue weighted by molar-refractivity contribution is -0.384. The van der Waals surface area contributed by atoms with Crippen LogP contribution in [0.5, 0.6) is 5.75 Å². The normalized spacial score (nSPS) is 11.1. The van der Waals surface area contributed by atoms with Gasteiger partial charge in [-0.2, -0.15) is 0 Å². The maximum absolute atomic E-state index is 10.9. The average molecular weight is 356 g/mol. The molecule has 138 valence electrons. The molecule has 2 N–H and O–H groups in total. The molecular formula is C19H24N4O3. The first-order chi connectivity index (χ1) is 12.5. The standard InChI is InChI=1S/C19H24N4O3/c1-4-20-19(21-12-15-6-5-7-17(11-15)23(24)25)22-13-16-9-8-14(2)10-18(16)26-3/h5-11H,4,12-13H2,1-3H3,(H2,20,21,22). The molecule has 0 unspecified atom stereocenters. The van der Waals surface area contributed by atoms with Crippen LogP contribution in [0.2, 0.25) is 0 Å². The first kappa shape index (κ1) is 19.2. The van der Waals surface area contributed by atoms with Gasteiger partial charge >= 0.3 is 0 Å². The van der Waals surface area contributed by atoms with Gasteiger partial charge in [0.15, 0.2) is 5.96 Å². The zero-order valence-electron chi connectivity index (χ0n) is 15.3. The highest BCUT2D eigenvalue weighted by atomic mass is 16.6. The van der Waals surface area contributed by atoms with Gasteiger partial charge < -0.3 is 15.4 Å². The van der Waals surface area contributed by atoms with Crippen LogP contribution < -0.4 is 15.4 Å². The Kier molecular flexibility index (Phi) is 6.96. The second-order valence-corrected chi connectivity index (χ2v) is 5.79. The fraction of sp³-hybridized carbons (Fsp3) is 0.316. The molecule has 0 aromatic heterocycles. The van der Waals surface area contributed by atoms with Gasteiger partial charge in [0.05, 0.1) is 18.6 Å². The minimum atomic E-state index is -0.402. The number of hydrogen-bond acceptors (Lipinski definition) is 4. The number of non-ortho nitro benzene ring substituents is 1. The van der Waals surface area contributed by atoms with Gasteiger partial charge in [-0.15, -0.1) is 0 Å². The van der Waals surface area contributed by atoms with Gasteiger partial charge in [-0.05, 0) is 31.0 Å². The first-order valence-electron chi connectivity index (χ1n) is 8.42. The minimum Gasteiger partial charge on any atom is -0.496 e. The molecule has 0 saturated heterocycles. The molecule has 0 aliphatic rings. The van der Waals surface area contributed by atoms with E-state index in [0.717, 1.165) is 22.4 Å². The number of nitro groups is 1. The first-order valence-corrected chi connectivity index (χ1v) is 8.42. The van der Waals surface area contributed by atoms with Crippen LogP contribution in [0.25, 0.3) is 0 Å². The van der Waals surface area contributed by atoms with Crippen LogP contribution in [0.4, 0.5) is 5.69 Å². The highest BCUT2D eigenvalue weighted by Crippen LogP contribution is 2.19. The van der Waals surface area contributed by atoms with Crippen molar-refractivity contribution < 1.29 is 9.66 Å². The van der Waals surface area contributed by atoms with Crippen LogP contribution in [0, 0.1) is 17.0 Å². The third-order valence-corrected chi connectivity index (χ3v) is 3.77. The van der Waals surface area contributed by atoms with Gasteiger partial charge in [-0.1, -0.05) is 24.3 Å². The van der Waals surface area contributed by atoms with Gasteiger partial charge in [0.1, 0.15) is 5.75 Å². The Bertz CT molecular complexity index is 790. The van der Waals surface area contributed by atoms with Crippen LogP contribution >= 0.6 is 0 Å². The molecule has 0 spiro atoms. The van der Waals surface area contributed by atoms with Crippen molar-refractivity contribution in [3.63, 3.8) is 0 Å². The van der Waals surface area contributed by atoms with E-state index in [1.54, 1.807) is 13.2 Å². The minimum absolute atomic E-state index is 0.0695. The number of hydrogen-bond donors (Lipinski definition) is 2. The van der Waals surface area contributed by atoms with Crippen molar-refractivity contribution >= 4 is 11.6 Å². The van der Waals surface area contributed by atoms with Crippen molar-refractivity contribution in [1.29, 1.82) is 0 Å². The van der Waals surface area contributed by atoms with Gasteiger partial charge in [0, 0.05) is 30.8 Å². The Labute approximate surface area is 153 Å². The van der Waals surface area contributed by atoms with Crippen LogP contribution in [0.15, 0.2) is 47.5 Å². The van der Waals surface area contributed by atoms with Crippen molar-refractivity contribution in [3.05, 3.63) is 69.3 Å². The number of benzene rings is 2. The molecule has 0 radical (unpaired) electrons. The van der Waals surface area contributed by atoms with E-state index in [0.29, 0.717) is 25.6 Å². The lowest BCUT2D eigenvalue weighted by atomic mass is 10.1. The number of nitrogens with one attached hydrogen (secondary N) is 2. The Morgan fingerprint density at radius 2 is 2.04 bits per heavy atom. The van der Waals surface area contributed by atoms with E-state index in [2.05, 4.69) is 15.6 Å². The summed E-state index contributed by atoms with van der Waals surface area (Å²) in [5, 5.41) is 17.3. The number of guanidine groups is 1. The third-order valence-electron chi connectivity index (χ3n) is 3.77. The highest BCUT2D eigenvalue weighted by molar-refractivity contribution is 5.79. The number of nitrogens with zero attached hydrogens (tertiary/aromatic N) is 2. The summed E-state index contributed by atoms with van der Waals surface area (Å²) in [6, 6.07) is 12.5. The average Bonchev–Trinajstić information content (AvgIpc) is 2.64. The van der Waals surface area contributed by atoms with Gasteiger partial charge in [-0.25, -0.2) is 4.99 Å². The molecule has 0 aliphatic carbocycles. The molecular weight excluding hydrogens is 332 g/mol. The molecule has 2 aromatic carbocycles. The summed E-state index contributed by atoms with van der Waals surface area (Å²) in [6.07, 6.45) is 0. The molecule has 0 atom stereocenters. The summed E-state index contributed by atoms with van der Waals surface area (Å²) in [7, 11) is 1.65. The summed E-state index contributed by atoms with van der Waals surface area (Å²) < 4.78 is 5.42. The molecule has 0 aliphatic heterocycles. The SMILES string of the molecule is CCNC(=NCc1cccc([N+](=O)[O-])c1)NCc1ccc(C)cc1OC. The van der Waals surface area contributed by atoms with Gasteiger partial charge in [0.2, 0.25) is 0 Å². The van der Waals surface area contributed by atoms with Crippen molar-refractivity contribution in [2.45, 2.75) is 26.9 Å². The van der Waals surface area contributed by atoms with Crippen LogP contribution in [-0.4, -0.2) is 24.5 Å². The van der Waals surface area contributed by atoms with E-state index in [1.165, 1.54) is 12.1 Å².